The SMILES string of the molecule is Cc1nc(Nc2cc(C3CCCC3)[nH]n2)cnc1C#N. The Kier molecular flexibility index (Phi) is 3.33. The molecule has 1 aliphatic carbocycles. The Bertz CT molecular complexity index is 648. The molecule has 0 aliphatic heterocycles. The molecule has 0 amide bonds. The van der Waals surface area contributed by atoms with Crippen LogP contribution < -0.4 is 5.32 Å². The molecule has 6 nitrogen and oxygen atoms in total. The number of hydrogen-bond acceptors (Lipinski definition) is 5. The monoisotopic (exact) mass is 268 g/mol. The van der Waals surface area contributed by atoms with Crippen molar-refractivity contribution in [1.82, 2.24) is 20.2 Å². The number of aromatic amines is 1. The van der Waals surface area contributed by atoms with Crippen LogP contribution in [0.3, 0.4) is 0 Å². The summed E-state index contributed by atoms with van der Waals surface area (Å²) in [5, 5.41) is 19.3. The molecule has 6 heteroatoms. The van der Waals surface area contributed by atoms with Crippen LogP contribution in [0.2, 0.25) is 0 Å². The fourth-order valence-electron chi connectivity index (χ4n) is 2.63. The molecule has 0 spiro atoms. The summed E-state index contributed by atoms with van der Waals surface area (Å²) < 4.78 is 0. The van der Waals surface area contributed by atoms with E-state index in [1.165, 1.54) is 31.4 Å². The molecule has 0 atom stereocenters. The van der Waals surface area contributed by atoms with Gasteiger partial charge in [0.15, 0.2) is 11.5 Å². The molecule has 1 saturated carbocycles. The molecule has 20 heavy (non-hydrogen) atoms. The highest BCUT2D eigenvalue weighted by molar-refractivity contribution is 5.51. The summed E-state index contributed by atoms with van der Waals surface area (Å²) in [4.78, 5) is 8.35. The smallest absolute Gasteiger partial charge is 0.161 e. The maximum atomic E-state index is 8.83. The standard InChI is InChI=1S/C14H16N6/c1-9-12(7-15)16-8-14(17-9)18-13-6-11(19-20-13)10-4-2-3-5-10/h6,8,10H,2-5H2,1H3,(H2,17,18,19,20). The number of aromatic nitrogens is 4. The number of rotatable bonds is 3. The summed E-state index contributed by atoms with van der Waals surface area (Å²) in [5.74, 6) is 1.95. The summed E-state index contributed by atoms with van der Waals surface area (Å²) >= 11 is 0. The summed E-state index contributed by atoms with van der Waals surface area (Å²) in [5.41, 5.74) is 2.15. The highest BCUT2D eigenvalue weighted by Crippen LogP contribution is 2.33. The van der Waals surface area contributed by atoms with Crippen LogP contribution in [0.4, 0.5) is 11.6 Å². The molecule has 2 heterocycles. The van der Waals surface area contributed by atoms with Gasteiger partial charge in [-0.25, -0.2) is 9.97 Å². The maximum Gasteiger partial charge on any atom is 0.161 e. The van der Waals surface area contributed by atoms with Gasteiger partial charge in [-0.1, -0.05) is 12.8 Å². The zero-order valence-corrected chi connectivity index (χ0v) is 11.3. The molecule has 0 aromatic carbocycles. The molecule has 3 rings (SSSR count). The predicted octanol–water partition coefficient (Wildman–Crippen LogP) is 2.78. The Morgan fingerprint density at radius 3 is 2.85 bits per heavy atom. The van der Waals surface area contributed by atoms with E-state index in [0.29, 0.717) is 23.1 Å². The van der Waals surface area contributed by atoms with Crippen molar-refractivity contribution in [2.75, 3.05) is 5.32 Å². The first-order valence-corrected chi connectivity index (χ1v) is 6.82. The van der Waals surface area contributed by atoms with Crippen molar-refractivity contribution in [3.63, 3.8) is 0 Å². The molecule has 1 aliphatic rings. The van der Waals surface area contributed by atoms with Crippen molar-refractivity contribution in [1.29, 1.82) is 5.26 Å². The van der Waals surface area contributed by atoms with E-state index in [1.807, 2.05) is 12.1 Å². The van der Waals surface area contributed by atoms with E-state index in [9.17, 15) is 0 Å². The molecular formula is C14H16N6. The first-order chi connectivity index (χ1) is 9.76. The fraction of sp³-hybridized carbons (Fsp3) is 0.429. The number of anilines is 2. The van der Waals surface area contributed by atoms with Crippen LogP contribution in [0.25, 0.3) is 0 Å². The molecule has 2 aromatic rings. The highest BCUT2D eigenvalue weighted by Gasteiger charge is 2.19. The van der Waals surface area contributed by atoms with Crippen LogP contribution in [0.5, 0.6) is 0 Å². The fourth-order valence-corrected chi connectivity index (χ4v) is 2.63. The van der Waals surface area contributed by atoms with Gasteiger partial charge in [-0.05, 0) is 19.8 Å². The van der Waals surface area contributed by atoms with E-state index in [0.717, 1.165) is 5.82 Å². The van der Waals surface area contributed by atoms with E-state index in [-0.39, 0.29) is 0 Å². The van der Waals surface area contributed by atoms with Crippen LogP contribution in [0, 0.1) is 18.3 Å². The second kappa shape index (κ2) is 5.29. The van der Waals surface area contributed by atoms with Crippen molar-refractivity contribution in [3.8, 4) is 6.07 Å². The average Bonchev–Trinajstić information content (AvgIpc) is 3.09. The molecule has 0 radical (unpaired) electrons. The van der Waals surface area contributed by atoms with E-state index in [2.05, 4.69) is 25.5 Å². The minimum absolute atomic E-state index is 0.351. The molecule has 102 valence electrons. The lowest BCUT2D eigenvalue weighted by Crippen LogP contribution is -1.99. The van der Waals surface area contributed by atoms with Gasteiger partial charge in [-0.15, -0.1) is 0 Å². The second-order valence-electron chi connectivity index (χ2n) is 5.12. The summed E-state index contributed by atoms with van der Waals surface area (Å²) in [7, 11) is 0. The average molecular weight is 268 g/mol. The van der Waals surface area contributed by atoms with E-state index >= 15 is 0 Å². The first kappa shape index (κ1) is 12.6. The zero-order chi connectivity index (χ0) is 13.9. The largest absolute Gasteiger partial charge is 0.322 e. The van der Waals surface area contributed by atoms with Crippen LogP contribution in [0.15, 0.2) is 12.3 Å². The first-order valence-electron chi connectivity index (χ1n) is 6.82. The van der Waals surface area contributed by atoms with Crippen molar-refractivity contribution in [2.24, 2.45) is 0 Å². The minimum atomic E-state index is 0.351. The van der Waals surface area contributed by atoms with Crippen LogP contribution in [-0.2, 0) is 0 Å². The predicted molar refractivity (Wildman–Crippen MR) is 74.6 cm³/mol. The van der Waals surface area contributed by atoms with Crippen molar-refractivity contribution < 1.29 is 0 Å². The third kappa shape index (κ3) is 2.48. The van der Waals surface area contributed by atoms with Gasteiger partial charge in [-0.2, -0.15) is 10.4 Å². The Labute approximate surface area is 117 Å². The van der Waals surface area contributed by atoms with Gasteiger partial charge in [0.1, 0.15) is 11.9 Å². The molecule has 1 fully saturated rings. The van der Waals surface area contributed by atoms with Crippen molar-refractivity contribution in [3.05, 3.63) is 29.3 Å². The van der Waals surface area contributed by atoms with Gasteiger partial charge in [0.05, 0.1) is 11.9 Å². The quantitative estimate of drug-likeness (QED) is 0.893. The number of H-pyrrole nitrogens is 1. The number of nitriles is 1. The summed E-state index contributed by atoms with van der Waals surface area (Å²) in [6.07, 6.45) is 6.61. The van der Waals surface area contributed by atoms with Crippen molar-refractivity contribution in [2.45, 2.75) is 38.5 Å². The Morgan fingerprint density at radius 2 is 2.15 bits per heavy atom. The number of nitrogens with one attached hydrogen (secondary N) is 2. The van der Waals surface area contributed by atoms with Crippen LogP contribution in [-0.4, -0.2) is 20.2 Å². The van der Waals surface area contributed by atoms with Gasteiger partial charge in [0.25, 0.3) is 0 Å². The molecular weight excluding hydrogens is 252 g/mol. The maximum absolute atomic E-state index is 8.83. The van der Waals surface area contributed by atoms with Gasteiger partial charge in [0.2, 0.25) is 0 Å². The lowest BCUT2D eigenvalue weighted by atomic mass is 10.0. The van der Waals surface area contributed by atoms with Crippen LogP contribution in [0.1, 0.15) is 48.7 Å². The molecule has 2 N–H and O–H groups in total. The van der Waals surface area contributed by atoms with E-state index in [1.54, 1.807) is 13.1 Å². The van der Waals surface area contributed by atoms with Gasteiger partial charge in [-0.3, -0.25) is 5.10 Å². The molecule has 0 unspecified atom stereocenters. The molecule has 0 saturated heterocycles. The Morgan fingerprint density at radius 1 is 1.35 bits per heavy atom. The topological polar surface area (TPSA) is 90.3 Å². The van der Waals surface area contributed by atoms with Crippen molar-refractivity contribution >= 4 is 11.6 Å². The van der Waals surface area contributed by atoms with E-state index < -0.39 is 0 Å². The normalized spacial score (nSPS) is 15.2. The number of hydrogen-bond donors (Lipinski definition) is 2. The number of aryl methyl sites for hydroxylation is 1. The lowest BCUT2D eigenvalue weighted by molar-refractivity contribution is 0.693. The molecule has 0 bridgehead atoms. The van der Waals surface area contributed by atoms with E-state index in [4.69, 9.17) is 5.26 Å². The summed E-state index contributed by atoms with van der Waals surface area (Å²) in [6, 6.07) is 4.04. The van der Waals surface area contributed by atoms with Gasteiger partial charge in [0, 0.05) is 17.7 Å². The van der Waals surface area contributed by atoms with Gasteiger partial charge >= 0.3 is 0 Å². The summed E-state index contributed by atoms with van der Waals surface area (Å²) in [6.45, 7) is 1.77. The Balaban J connectivity index is 1.74. The minimum Gasteiger partial charge on any atom is -0.322 e. The number of nitrogens with zero attached hydrogens (tertiary/aromatic N) is 4. The Hall–Kier alpha value is -2.42. The lowest BCUT2D eigenvalue weighted by Gasteiger charge is -2.04. The highest BCUT2D eigenvalue weighted by atomic mass is 15.2. The third-order valence-corrected chi connectivity index (χ3v) is 3.70. The zero-order valence-electron chi connectivity index (χ0n) is 11.3. The molecule has 2 aromatic heterocycles. The third-order valence-electron chi connectivity index (χ3n) is 3.70. The van der Waals surface area contributed by atoms with Crippen LogP contribution >= 0.6 is 0 Å². The second-order valence-corrected chi connectivity index (χ2v) is 5.12. The van der Waals surface area contributed by atoms with Gasteiger partial charge < -0.3 is 5.32 Å².